The van der Waals surface area contributed by atoms with Crippen LogP contribution in [0.25, 0.3) is 0 Å². The molecule has 98 valence electrons. The van der Waals surface area contributed by atoms with Gasteiger partial charge in [0.25, 0.3) is 0 Å². The van der Waals surface area contributed by atoms with E-state index in [-0.39, 0.29) is 0 Å². The summed E-state index contributed by atoms with van der Waals surface area (Å²) < 4.78 is 0. The molecule has 2 rings (SSSR count). The van der Waals surface area contributed by atoms with Crippen LogP contribution in [0, 0.1) is 5.41 Å². The number of nitrogens with one attached hydrogen (secondary N) is 1. The summed E-state index contributed by atoms with van der Waals surface area (Å²) in [6.07, 6.45) is 2.24. The molecule has 5 heteroatoms. The van der Waals surface area contributed by atoms with Crippen molar-refractivity contribution in [1.29, 1.82) is 5.41 Å². The Morgan fingerprint density at radius 1 is 1.26 bits per heavy atom. The number of nitrogens with two attached hydrogens (primary N) is 2. The average Bonchev–Trinajstić information content (AvgIpc) is 2.32. The number of nitrogens with zero attached hydrogens (tertiary/aromatic N) is 1. The van der Waals surface area contributed by atoms with E-state index in [4.69, 9.17) is 28.5 Å². The first kappa shape index (κ1) is 13.4. The van der Waals surface area contributed by atoms with Crippen LogP contribution in [-0.4, -0.2) is 10.7 Å². The van der Waals surface area contributed by atoms with Gasteiger partial charge < -0.3 is 16.9 Å². The summed E-state index contributed by atoms with van der Waals surface area (Å²) in [6.45, 7) is 1.70. The van der Waals surface area contributed by atoms with E-state index in [0.717, 1.165) is 11.1 Å². The molecule has 0 aliphatic rings. The normalized spacial score (nSPS) is 10.4. The van der Waals surface area contributed by atoms with Crippen molar-refractivity contribution in [2.24, 2.45) is 0 Å². The highest BCUT2D eigenvalue weighted by molar-refractivity contribution is 6.31. The molecule has 0 saturated carbocycles. The molecule has 1 aromatic carbocycles. The van der Waals surface area contributed by atoms with Gasteiger partial charge in [0.1, 0.15) is 5.82 Å². The molecule has 0 saturated heterocycles. The summed E-state index contributed by atoms with van der Waals surface area (Å²) in [5.74, 6) is 0.372. The zero-order chi connectivity index (χ0) is 14.0. The van der Waals surface area contributed by atoms with Crippen molar-refractivity contribution in [3.05, 3.63) is 52.2 Å². The van der Waals surface area contributed by atoms with Crippen molar-refractivity contribution in [3.8, 4) is 0 Å². The topological polar surface area (TPSA) is 88.8 Å². The molecule has 0 aliphatic heterocycles. The zero-order valence-corrected chi connectivity index (χ0v) is 11.3. The number of pyridine rings is 1. The quantitative estimate of drug-likeness (QED) is 0.594. The number of hydrogen-bond donors (Lipinski definition) is 3. The van der Waals surface area contributed by atoms with Crippen LogP contribution in [0.1, 0.15) is 23.6 Å². The SMILES string of the molecule is CC(=N)c1c(Cc2ccc(N)cc2Cl)ccnc1N. The zero-order valence-electron chi connectivity index (χ0n) is 10.6. The first-order valence-corrected chi connectivity index (χ1v) is 6.19. The Bertz CT molecular complexity index is 637. The maximum atomic E-state index is 7.80. The standard InChI is InChI=1S/C14H15ClN4/c1-8(16)13-10(4-5-19-14(13)18)6-9-2-3-11(17)7-12(9)15/h2-5,7,16H,6,17H2,1H3,(H2,18,19). The molecule has 0 fully saturated rings. The predicted octanol–water partition coefficient (Wildman–Crippen LogP) is 2.88. The number of benzene rings is 1. The van der Waals surface area contributed by atoms with Crippen LogP contribution in [0.15, 0.2) is 30.5 Å². The van der Waals surface area contributed by atoms with E-state index in [0.29, 0.717) is 34.2 Å². The summed E-state index contributed by atoms with van der Waals surface area (Å²) in [5.41, 5.74) is 15.1. The summed E-state index contributed by atoms with van der Waals surface area (Å²) >= 11 is 6.17. The van der Waals surface area contributed by atoms with Gasteiger partial charge in [-0.2, -0.15) is 0 Å². The van der Waals surface area contributed by atoms with E-state index in [1.54, 1.807) is 19.2 Å². The summed E-state index contributed by atoms with van der Waals surface area (Å²) in [4.78, 5) is 4.02. The van der Waals surface area contributed by atoms with Crippen LogP contribution in [0.2, 0.25) is 5.02 Å². The molecular formula is C14H15ClN4. The van der Waals surface area contributed by atoms with E-state index in [1.165, 1.54) is 0 Å². The third-order valence-corrected chi connectivity index (χ3v) is 3.25. The Labute approximate surface area is 116 Å². The average molecular weight is 275 g/mol. The minimum Gasteiger partial charge on any atom is -0.399 e. The van der Waals surface area contributed by atoms with Gasteiger partial charge in [-0.3, -0.25) is 0 Å². The third kappa shape index (κ3) is 2.85. The van der Waals surface area contributed by atoms with Crippen LogP contribution in [0.3, 0.4) is 0 Å². The number of nitrogen functional groups attached to an aromatic ring is 2. The van der Waals surface area contributed by atoms with Crippen molar-refractivity contribution in [1.82, 2.24) is 4.98 Å². The number of halogens is 1. The van der Waals surface area contributed by atoms with Crippen LogP contribution >= 0.6 is 11.6 Å². The number of aromatic nitrogens is 1. The molecule has 19 heavy (non-hydrogen) atoms. The molecule has 0 radical (unpaired) electrons. The fourth-order valence-electron chi connectivity index (χ4n) is 2.01. The van der Waals surface area contributed by atoms with Crippen LogP contribution < -0.4 is 11.5 Å². The van der Waals surface area contributed by atoms with Crippen molar-refractivity contribution in [2.45, 2.75) is 13.3 Å². The van der Waals surface area contributed by atoms with E-state index in [1.807, 2.05) is 18.2 Å². The highest BCUT2D eigenvalue weighted by atomic mass is 35.5. The number of hydrogen-bond acceptors (Lipinski definition) is 4. The Kier molecular flexibility index (Phi) is 3.71. The Balaban J connectivity index is 2.44. The van der Waals surface area contributed by atoms with Crippen molar-refractivity contribution in [3.63, 3.8) is 0 Å². The van der Waals surface area contributed by atoms with Crippen LogP contribution in [0.5, 0.6) is 0 Å². The molecule has 0 unspecified atom stereocenters. The second-order valence-corrected chi connectivity index (χ2v) is 4.79. The fourth-order valence-corrected chi connectivity index (χ4v) is 2.27. The van der Waals surface area contributed by atoms with Gasteiger partial charge in [0.15, 0.2) is 0 Å². The maximum Gasteiger partial charge on any atom is 0.132 e. The van der Waals surface area contributed by atoms with Crippen LogP contribution in [0.4, 0.5) is 11.5 Å². The minimum atomic E-state index is 0.372. The molecule has 5 N–H and O–H groups in total. The van der Waals surface area contributed by atoms with Gasteiger partial charge in [-0.1, -0.05) is 17.7 Å². The Hall–Kier alpha value is -2.07. The van der Waals surface area contributed by atoms with Gasteiger partial charge in [0.05, 0.1) is 0 Å². The van der Waals surface area contributed by atoms with Crippen molar-refractivity contribution in [2.75, 3.05) is 11.5 Å². The lowest BCUT2D eigenvalue weighted by atomic mass is 9.98. The number of rotatable bonds is 3. The second-order valence-electron chi connectivity index (χ2n) is 4.38. The summed E-state index contributed by atoms with van der Waals surface area (Å²) in [7, 11) is 0. The van der Waals surface area contributed by atoms with Gasteiger partial charge in [0.2, 0.25) is 0 Å². The molecule has 0 spiro atoms. The predicted molar refractivity (Wildman–Crippen MR) is 79.8 cm³/mol. The van der Waals surface area contributed by atoms with Gasteiger partial charge in [0, 0.05) is 28.2 Å². The molecule has 1 heterocycles. The highest BCUT2D eigenvalue weighted by Gasteiger charge is 2.11. The van der Waals surface area contributed by atoms with E-state index >= 15 is 0 Å². The first-order valence-electron chi connectivity index (χ1n) is 5.82. The molecule has 2 aromatic rings. The molecular weight excluding hydrogens is 260 g/mol. The largest absolute Gasteiger partial charge is 0.399 e. The molecule has 0 amide bonds. The lowest BCUT2D eigenvalue weighted by Gasteiger charge is -2.11. The van der Waals surface area contributed by atoms with Crippen LogP contribution in [-0.2, 0) is 6.42 Å². The highest BCUT2D eigenvalue weighted by Crippen LogP contribution is 2.25. The number of anilines is 2. The third-order valence-electron chi connectivity index (χ3n) is 2.90. The molecule has 0 bridgehead atoms. The van der Waals surface area contributed by atoms with Gasteiger partial charge in [-0.05, 0) is 42.7 Å². The second kappa shape index (κ2) is 5.28. The smallest absolute Gasteiger partial charge is 0.132 e. The fraction of sp³-hybridized carbons (Fsp3) is 0.143. The van der Waals surface area contributed by atoms with Gasteiger partial charge in [-0.15, -0.1) is 0 Å². The van der Waals surface area contributed by atoms with E-state index < -0.39 is 0 Å². The molecule has 0 aliphatic carbocycles. The Morgan fingerprint density at radius 2 is 2.00 bits per heavy atom. The lowest BCUT2D eigenvalue weighted by Crippen LogP contribution is -2.07. The van der Waals surface area contributed by atoms with Gasteiger partial charge in [-0.25, -0.2) is 4.98 Å². The van der Waals surface area contributed by atoms with E-state index in [2.05, 4.69) is 4.98 Å². The molecule has 0 atom stereocenters. The lowest BCUT2D eigenvalue weighted by molar-refractivity contribution is 1.15. The summed E-state index contributed by atoms with van der Waals surface area (Å²) in [5, 5.41) is 8.41. The maximum absolute atomic E-state index is 7.80. The van der Waals surface area contributed by atoms with Gasteiger partial charge >= 0.3 is 0 Å². The first-order chi connectivity index (χ1) is 8.99. The van der Waals surface area contributed by atoms with E-state index in [9.17, 15) is 0 Å². The van der Waals surface area contributed by atoms with Crippen molar-refractivity contribution >= 4 is 28.8 Å². The molecule has 1 aromatic heterocycles. The minimum absolute atomic E-state index is 0.372. The monoisotopic (exact) mass is 274 g/mol. The molecule has 4 nitrogen and oxygen atoms in total. The summed E-state index contributed by atoms with van der Waals surface area (Å²) in [6, 6.07) is 7.27. The Morgan fingerprint density at radius 3 is 2.63 bits per heavy atom. The van der Waals surface area contributed by atoms with Crippen molar-refractivity contribution < 1.29 is 0 Å².